The van der Waals surface area contributed by atoms with Crippen LogP contribution < -0.4 is 0 Å². The molecule has 0 rings (SSSR count). The molecule has 21 heavy (non-hydrogen) atoms. The Morgan fingerprint density at radius 2 is 1.57 bits per heavy atom. The summed E-state index contributed by atoms with van der Waals surface area (Å²) in [5, 5.41) is 0. The molecule has 0 atom stereocenters. The van der Waals surface area contributed by atoms with Gasteiger partial charge in [0.1, 0.15) is 8.07 Å². The summed E-state index contributed by atoms with van der Waals surface area (Å²) in [5.41, 5.74) is 6.38. The number of ether oxygens (including phenoxy) is 1. The molecule has 0 aliphatic carbocycles. The SMILES string of the molecule is C=C(CC#C[Si](C(C)C)(C(C)C)C(C)C)CC(=O)OCC. The molecule has 0 saturated heterocycles. The van der Waals surface area contributed by atoms with E-state index >= 15 is 0 Å². The Morgan fingerprint density at radius 3 is 1.95 bits per heavy atom. The van der Waals surface area contributed by atoms with E-state index in [9.17, 15) is 4.79 Å². The Bertz CT molecular complexity index is 389. The first kappa shape index (κ1) is 20.0. The highest BCUT2D eigenvalue weighted by Crippen LogP contribution is 2.40. The maximum Gasteiger partial charge on any atom is 0.309 e. The third kappa shape index (κ3) is 5.71. The molecular weight excluding hydrogens is 276 g/mol. The van der Waals surface area contributed by atoms with E-state index < -0.39 is 8.07 Å². The van der Waals surface area contributed by atoms with Crippen LogP contribution in [0.1, 0.15) is 61.3 Å². The average Bonchev–Trinajstić information content (AvgIpc) is 2.33. The van der Waals surface area contributed by atoms with E-state index in [1.165, 1.54) is 0 Å². The van der Waals surface area contributed by atoms with Crippen LogP contribution in [0.25, 0.3) is 0 Å². The third-order valence-corrected chi connectivity index (χ3v) is 10.6. The summed E-state index contributed by atoms with van der Waals surface area (Å²) in [7, 11) is -1.67. The zero-order valence-electron chi connectivity index (χ0n) is 14.9. The molecule has 2 nitrogen and oxygen atoms in total. The number of hydrogen-bond acceptors (Lipinski definition) is 2. The second kappa shape index (κ2) is 9.10. The van der Waals surface area contributed by atoms with Crippen molar-refractivity contribution in [1.82, 2.24) is 0 Å². The first-order chi connectivity index (χ1) is 9.68. The van der Waals surface area contributed by atoms with Crippen LogP contribution in [0.3, 0.4) is 0 Å². The summed E-state index contributed by atoms with van der Waals surface area (Å²) < 4.78 is 4.94. The van der Waals surface area contributed by atoms with Gasteiger partial charge in [0.05, 0.1) is 13.0 Å². The number of esters is 1. The van der Waals surface area contributed by atoms with Crippen molar-refractivity contribution >= 4 is 14.0 Å². The minimum atomic E-state index is -1.67. The van der Waals surface area contributed by atoms with Gasteiger partial charge in [0.2, 0.25) is 0 Å². The molecule has 0 aliphatic rings. The molecule has 0 N–H and O–H groups in total. The summed E-state index contributed by atoms with van der Waals surface area (Å²) in [6.07, 6.45) is 0.877. The highest BCUT2D eigenvalue weighted by Gasteiger charge is 2.41. The maximum atomic E-state index is 11.4. The Balaban J connectivity index is 4.92. The normalized spacial score (nSPS) is 11.5. The van der Waals surface area contributed by atoms with Crippen molar-refractivity contribution in [3.63, 3.8) is 0 Å². The minimum absolute atomic E-state index is 0.204. The summed E-state index contributed by atoms with van der Waals surface area (Å²) in [5.74, 6) is 3.12. The van der Waals surface area contributed by atoms with Gasteiger partial charge in [-0.15, -0.1) is 11.5 Å². The Morgan fingerprint density at radius 1 is 1.10 bits per heavy atom. The molecule has 120 valence electrons. The van der Waals surface area contributed by atoms with E-state index in [1.807, 2.05) is 6.92 Å². The fourth-order valence-corrected chi connectivity index (χ4v) is 8.49. The Hall–Kier alpha value is -1.01. The summed E-state index contributed by atoms with van der Waals surface area (Å²) in [6, 6.07) is 0. The van der Waals surface area contributed by atoms with Gasteiger partial charge >= 0.3 is 5.97 Å². The average molecular weight is 309 g/mol. The van der Waals surface area contributed by atoms with E-state index in [2.05, 4.69) is 59.6 Å². The highest BCUT2D eigenvalue weighted by atomic mass is 28.3. The van der Waals surface area contributed by atoms with Gasteiger partial charge in [-0.25, -0.2) is 0 Å². The maximum absolute atomic E-state index is 11.4. The highest BCUT2D eigenvalue weighted by molar-refractivity contribution is 6.90. The van der Waals surface area contributed by atoms with Crippen molar-refractivity contribution < 1.29 is 9.53 Å². The van der Waals surface area contributed by atoms with Gasteiger partial charge in [-0.05, 0) is 23.5 Å². The van der Waals surface area contributed by atoms with Gasteiger partial charge in [0, 0.05) is 6.42 Å². The summed E-state index contributed by atoms with van der Waals surface area (Å²) in [4.78, 5) is 11.4. The molecule has 0 unspecified atom stereocenters. The minimum Gasteiger partial charge on any atom is -0.466 e. The van der Waals surface area contributed by atoms with Gasteiger partial charge in [-0.3, -0.25) is 4.79 Å². The second-order valence-corrected chi connectivity index (χ2v) is 12.2. The van der Waals surface area contributed by atoms with Gasteiger partial charge in [-0.1, -0.05) is 53.7 Å². The summed E-state index contributed by atoms with van der Waals surface area (Å²) >= 11 is 0. The number of carbonyl (C=O) groups excluding carboxylic acids is 1. The van der Waals surface area contributed by atoms with Crippen LogP contribution in [-0.4, -0.2) is 20.7 Å². The smallest absolute Gasteiger partial charge is 0.309 e. The van der Waals surface area contributed by atoms with Gasteiger partial charge < -0.3 is 4.74 Å². The topological polar surface area (TPSA) is 26.3 Å². The molecule has 0 heterocycles. The van der Waals surface area contributed by atoms with Gasteiger partial charge in [-0.2, -0.15) is 0 Å². The lowest BCUT2D eigenvalue weighted by atomic mass is 10.1. The van der Waals surface area contributed by atoms with Crippen molar-refractivity contribution in [3.05, 3.63) is 12.2 Å². The molecule has 0 aromatic carbocycles. The molecule has 0 fully saturated rings. The molecule has 0 spiro atoms. The molecule has 3 heteroatoms. The molecule has 0 saturated carbocycles. The summed E-state index contributed by atoms with van der Waals surface area (Å²) in [6.45, 7) is 20.0. The fraction of sp³-hybridized carbons (Fsp3) is 0.722. The third-order valence-electron chi connectivity index (χ3n) is 4.21. The molecular formula is C18H32O2Si. The first-order valence-corrected chi connectivity index (χ1v) is 10.2. The quantitative estimate of drug-likeness (QED) is 0.283. The first-order valence-electron chi connectivity index (χ1n) is 8.00. The van der Waals surface area contributed by atoms with Crippen LogP contribution >= 0.6 is 0 Å². The number of hydrogen-bond donors (Lipinski definition) is 0. The molecule has 0 amide bonds. The standard InChI is InChI=1S/C18H32O2Si/c1-9-20-18(19)13-17(8)11-10-12-21(14(2)3,15(4)5)16(6)7/h14-16H,8-9,11,13H2,1-7H3. The van der Waals surface area contributed by atoms with Crippen molar-refractivity contribution in [2.45, 2.75) is 77.9 Å². The monoisotopic (exact) mass is 308 g/mol. The fourth-order valence-electron chi connectivity index (χ4n) is 3.23. The lowest BCUT2D eigenvalue weighted by Gasteiger charge is -2.38. The van der Waals surface area contributed by atoms with Crippen LogP contribution in [0.2, 0.25) is 16.6 Å². The van der Waals surface area contributed by atoms with Crippen LogP contribution in [0.5, 0.6) is 0 Å². The largest absolute Gasteiger partial charge is 0.466 e. The molecule has 0 aliphatic heterocycles. The lowest BCUT2D eigenvalue weighted by molar-refractivity contribution is -0.142. The van der Waals surface area contributed by atoms with Crippen molar-refractivity contribution in [3.8, 4) is 11.5 Å². The zero-order valence-corrected chi connectivity index (χ0v) is 15.9. The van der Waals surface area contributed by atoms with Crippen LogP contribution in [0.4, 0.5) is 0 Å². The van der Waals surface area contributed by atoms with Crippen molar-refractivity contribution in [2.24, 2.45) is 0 Å². The van der Waals surface area contributed by atoms with Crippen molar-refractivity contribution in [2.75, 3.05) is 6.61 Å². The van der Waals surface area contributed by atoms with E-state index in [4.69, 9.17) is 4.74 Å². The number of carbonyl (C=O) groups is 1. The Labute approximate surface area is 132 Å². The van der Waals surface area contributed by atoms with E-state index in [0.29, 0.717) is 29.7 Å². The lowest BCUT2D eigenvalue weighted by Crippen LogP contribution is -2.43. The Kier molecular flexibility index (Phi) is 8.66. The second-order valence-electron chi connectivity index (χ2n) is 6.61. The zero-order chi connectivity index (χ0) is 16.6. The molecule has 0 aromatic heterocycles. The van der Waals surface area contributed by atoms with Gasteiger partial charge in [0.15, 0.2) is 0 Å². The van der Waals surface area contributed by atoms with E-state index in [1.54, 1.807) is 0 Å². The van der Waals surface area contributed by atoms with Crippen LogP contribution in [0, 0.1) is 11.5 Å². The predicted octanol–water partition coefficient (Wildman–Crippen LogP) is 5.11. The predicted molar refractivity (Wildman–Crippen MR) is 93.8 cm³/mol. The molecule has 0 aromatic rings. The van der Waals surface area contributed by atoms with Crippen molar-refractivity contribution in [1.29, 1.82) is 0 Å². The number of rotatable bonds is 7. The van der Waals surface area contributed by atoms with Crippen LogP contribution in [0.15, 0.2) is 12.2 Å². The van der Waals surface area contributed by atoms with Crippen LogP contribution in [-0.2, 0) is 9.53 Å². The van der Waals surface area contributed by atoms with Gasteiger partial charge in [0.25, 0.3) is 0 Å². The molecule has 0 radical (unpaired) electrons. The van der Waals surface area contributed by atoms with E-state index in [0.717, 1.165) is 5.57 Å². The molecule has 0 bridgehead atoms. The van der Waals surface area contributed by atoms with E-state index in [-0.39, 0.29) is 12.4 Å².